The van der Waals surface area contributed by atoms with E-state index in [9.17, 15) is 13.2 Å². The zero-order chi connectivity index (χ0) is 13.9. The Bertz CT molecular complexity index is 566. The topological polar surface area (TPSA) is 102 Å². The number of ether oxygens (including phenoxy) is 2. The molecule has 0 saturated carbocycles. The molecule has 0 fully saturated rings. The van der Waals surface area contributed by atoms with Gasteiger partial charge in [-0.15, -0.1) is 0 Å². The highest BCUT2D eigenvalue weighted by Crippen LogP contribution is 2.34. The van der Waals surface area contributed by atoms with Crippen molar-refractivity contribution in [2.45, 2.75) is 4.90 Å². The third-order valence-electron chi connectivity index (χ3n) is 2.26. The number of aromatic carboxylic acids is 1. The number of carboxylic acids is 1. The third-order valence-corrected chi connectivity index (χ3v) is 3.66. The molecular weight excluding hydrogens is 262 g/mol. The Kier molecular flexibility index (Phi) is 4.15. The molecule has 1 aromatic carbocycles. The molecular formula is C10H13NO6S. The summed E-state index contributed by atoms with van der Waals surface area (Å²) in [7, 11) is 0.0333. The third kappa shape index (κ3) is 2.54. The van der Waals surface area contributed by atoms with Gasteiger partial charge in [0, 0.05) is 6.07 Å². The van der Waals surface area contributed by atoms with Gasteiger partial charge < -0.3 is 14.6 Å². The Morgan fingerprint density at radius 2 is 1.89 bits per heavy atom. The minimum atomic E-state index is -3.76. The van der Waals surface area contributed by atoms with Crippen LogP contribution >= 0.6 is 0 Å². The highest BCUT2D eigenvalue weighted by Gasteiger charge is 2.22. The van der Waals surface area contributed by atoms with E-state index in [-0.39, 0.29) is 22.0 Å². The molecule has 0 spiro atoms. The van der Waals surface area contributed by atoms with E-state index in [0.717, 1.165) is 6.07 Å². The van der Waals surface area contributed by atoms with Gasteiger partial charge in [0.25, 0.3) is 0 Å². The van der Waals surface area contributed by atoms with Crippen LogP contribution in [0, 0.1) is 0 Å². The summed E-state index contributed by atoms with van der Waals surface area (Å²) in [6, 6.07) is 2.20. The summed E-state index contributed by atoms with van der Waals surface area (Å²) in [4.78, 5) is 10.9. The van der Waals surface area contributed by atoms with Gasteiger partial charge in [-0.1, -0.05) is 0 Å². The molecule has 18 heavy (non-hydrogen) atoms. The van der Waals surface area contributed by atoms with Gasteiger partial charge in [0.05, 0.1) is 19.1 Å². The van der Waals surface area contributed by atoms with Gasteiger partial charge in [0.15, 0.2) is 11.5 Å². The molecule has 100 valence electrons. The molecule has 0 aromatic heterocycles. The number of sulfonamides is 1. The molecule has 0 aliphatic carbocycles. The molecule has 0 heterocycles. The predicted molar refractivity (Wildman–Crippen MR) is 62.8 cm³/mol. The van der Waals surface area contributed by atoms with Crippen molar-refractivity contribution < 1.29 is 27.8 Å². The molecule has 0 aliphatic rings. The molecule has 1 rings (SSSR count). The predicted octanol–water partition coefficient (Wildman–Crippen LogP) is 0.310. The summed E-state index contributed by atoms with van der Waals surface area (Å²) < 4.78 is 35.2. The Labute approximate surface area is 104 Å². The summed E-state index contributed by atoms with van der Waals surface area (Å²) >= 11 is 0. The lowest BCUT2D eigenvalue weighted by Crippen LogP contribution is -2.19. The zero-order valence-corrected chi connectivity index (χ0v) is 10.9. The quantitative estimate of drug-likeness (QED) is 0.802. The van der Waals surface area contributed by atoms with Crippen LogP contribution in [-0.4, -0.2) is 40.8 Å². The van der Waals surface area contributed by atoms with Crippen LogP contribution < -0.4 is 14.2 Å². The maximum atomic E-state index is 11.6. The lowest BCUT2D eigenvalue weighted by atomic mass is 10.2. The van der Waals surface area contributed by atoms with Crippen LogP contribution in [0.15, 0.2) is 17.0 Å². The number of carboxylic acid groups (broad SMARTS) is 1. The molecule has 2 N–H and O–H groups in total. The van der Waals surface area contributed by atoms with Crippen LogP contribution in [0.25, 0.3) is 0 Å². The van der Waals surface area contributed by atoms with Crippen LogP contribution in [0.3, 0.4) is 0 Å². The van der Waals surface area contributed by atoms with Crippen molar-refractivity contribution in [1.29, 1.82) is 0 Å². The van der Waals surface area contributed by atoms with Crippen molar-refractivity contribution in [3.63, 3.8) is 0 Å². The second kappa shape index (κ2) is 5.23. The second-order valence-corrected chi connectivity index (χ2v) is 5.11. The fourth-order valence-electron chi connectivity index (χ4n) is 1.37. The fourth-order valence-corrected chi connectivity index (χ4v) is 2.14. The molecule has 0 bridgehead atoms. The second-order valence-electron chi connectivity index (χ2n) is 3.22. The van der Waals surface area contributed by atoms with Crippen LogP contribution in [0.2, 0.25) is 0 Å². The smallest absolute Gasteiger partial charge is 0.339 e. The largest absolute Gasteiger partial charge is 0.493 e. The van der Waals surface area contributed by atoms with E-state index in [1.807, 2.05) is 0 Å². The van der Waals surface area contributed by atoms with E-state index in [4.69, 9.17) is 14.6 Å². The van der Waals surface area contributed by atoms with Crippen molar-refractivity contribution in [3.8, 4) is 11.5 Å². The number of hydrogen-bond acceptors (Lipinski definition) is 5. The van der Waals surface area contributed by atoms with Gasteiger partial charge in [-0.05, 0) is 13.1 Å². The van der Waals surface area contributed by atoms with Gasteiger partial charge in [0.1, 0.15) is 5.56 Å². The molecule has 7 nitrogen and oxygen atoms in total. The van der Waals surface area contributed by atoms with Crippen LogP contribution in [-0.2, 0) is 10.0 Å². The number of hydrogen-bond donors (Lipinski definition) is 2. The van der Waals surface area contributed by atoms with Crippen LogP contribution in [0.4, 0.5) is 0 Å². The fraction of sp³-hybridized carbons (Fsp3) is 0.300. The van der Waals surface area contributed by atoms with E-state index in [1.165, 1.54) is 27.3 Å². The van der Waals surface area contributed by atoms with Gasteiger partial charge in [-0.3, -0.25) is 0 Å². The van der Waals surface area contributed by atoms with Crippen molar-refractivity contribution in [2.24, 2.45) is 0 Å². The van der Waals surface area contributed by atoms with Crippen LogP contribution in [0.5, 0.6) is 11.5 Å². The number of benzene rings is 1. The SMILES string of the molecule is CNS(=O)(=O)c1cc(OC)c(OC)c(C(=O)O)c1. The highest BCUT2D eigenvalue weighted by molar-refractivity contribution is 7.89. The Hall–Kier alpha value is -1.80. The number of methoxy groups -OCH3 is 2. The summed E-state index contributed by atoms with van der Waals surface area (Å²) in [5.74, 6) is -1.30. The average Bonchev–Trinajstić information content (AvgIpc) is 2.36. The molecule has 1 aromatic rings. The lowest BCUT2D eigenvalue weighted by Gasteiger charge is -2.12. The molecule has 0 aliphatic heterocycles. The first-order chi connectivity index (χ1) is 8.37. The van der Waals surface area contributed by atoms with Crippen LogP contribution in [0.1, 0.15) is 10.4 Å². The summed E-state index contributed by atoms with van der Waals surface area (Å²) in [5, 5.41) is 9.03. The summed E-state index contributed by atoms with van der Waals surface area (Å²) in [6.45, 7) is 0. The Morgan fingerprint density at radius 3 is 2.28 bits per heavy atom. The van der Waals surface area contributed by atoms with Gasteiger partial charge in [-0.25, -0.2) is 17.9 Å². The number of nitrogens with one attached hydrogen (secondary N) is 1. The van der Waals surface area contributed by atoms with E-state index >= 15 is 0 Å². The molecule has 0 saturated heterocycles. The standard InChI is InChI=1S/C10H13NO6S/c1-11-18(14,15)6-4-7(10(12)13)9(17-3)8(5-6)16-2/h4-5,11H,1-3H3,(H,12,13). The first-order valence-corrected chi connectivity index (χ1v) is 6.28. The maximum Gasteiger partial charge on any atom is 0.339 e. The molecule has 0 amide bonds. The minimum Gasteiger partial charge on any atom is -0.493 e. The van der Waals surface area contributed by atoms with Crippen molar-refractivity contribution in [3.05, 3.63) is 17.7 Å². The van der Waals surface area contributed by atoms with E-state index in [2.05, 4.69) is 4.72 Å². The van der Waals surface area contributed by atoms with Gasteiger partial charge in [0.2, 0.25) is 10.0 Å². The van der Waals surface area contributed by atoms with E-state index < -0.39 is 16.0 Å². The van der Waals surface area contributed by atoms with Gasteiger partial charge >= 0.3 is 5.97 Å². The van der Waals surface area contributed by atoms with E-state index in [0.29, 0.717) is 0 Å². The number of carbonyl (C=O) groups is 1. The summed E-state index contributed by atoms with van der Waals surface area (Å²) in [5.41, 5.74) is -0.286. The molecule has 8 heteroatoms. The Morgan fingerprint density at radius 1 is 1.28 bits per heavy atom. The average molecular weight is 275 g/mol. The lowest BCUT2D eigenvalue weighted by molar-refractivity contribution is 0.0692. The summed E-state index contributed by atoms with van der Waals surface area (Å²) in [6.07, 6.45) is 0. The first kappa shape index (κ1) is 14.3. The maximum absolute atomic E-state index is 11.6. The minimum absolute atomic E-state index is 0.0277. The van der Waals surface area contributed by atoms with E-state index in [1.54, 1.807) is 0 Å². The first-order valence-electron chi connectivity index (χ1n) is 4.80. The van der Waals surface area contributed by atoms with Crippen molar-refractivity contribution in [2.75, 3.05) is 21.3 Å². The monoisotopic (exact) mass is 275 g/mol. The van der Waals surface area contributed by atoms with Crippen molar-refractivity contribution in [1.82, 2.24) is 4.72 Å². The zero-order valence-electron chi connectivity index (χ0n) is 10.1. The van der Waals surface area contributed by atoms with Gasteiger partial charge in [-0.2, -0.15) is 0 Å². The number of rotatable bonds is 5. The highest BCUT2D eigenvalue weighted by atomic mass is 32.2. The van der Waals surface area contributed by atoms with Crippen molar-refractivity contribution >= 4 is 16.0 Å². The normalized spacial score (nSPS) is 11.1. The molecule has 0 radical (unpaired) electrons. The molecule has 0 unspecified atom stereocenters. The molecule has 0 atom stereocenters. The Balaban J connectivity index is 3.61.